The standard InChI is InChI=1S/C14H18N4O2S/c1-17(21(19,20)13-3-4-13)12-6-7-18(10-12)14-5-2-11(8-15)9-16-14/h2,5,9,12-13H,3-4,6-7,10H2,1H3. The summed E-state index contributed by atoms with van der Waals surface area (Å²) in [6.07, 6.45) is 3.94. The second-order valence-corrected chi connectivity index (χ2v) is 7.94. The SMILES string of the molecule is CN(C1CCN(c2ccc(C#N)cn2)C1)S(=O)(=O)C1CC1. The lowest BCUT2D eigenvalue weighted by Crippen LogP contribution is -2.40. The third-order valence-electron chi connectivity index (χ3n) is 4.23. The fourth-order valence-electron chi connectivity index (χ4n) is 2.69. The molecule has 0 spiro atoms. The molecule has 0 bridgehead atoms. The van der Waals surface area contributed by atoms with E-state index < -0.39 is 10.0 Å². The summed E-state index contributed by atoms with van der Waals surface area (Å²) in [7, 11) is -1.43. The van der Waals surface area contributed by atoms with Gasteiger partial charge in [-0.05, 0) is 31.4 Å². The van der Waals surface area contributed by atoms with Crippen LogP contribution in [0.1, 0.15) is 24.8 Å². The van der Waals surface area contributed by atoms with Crippen LogP contribution < -0.4 is 4.90 Å². The molecule has 1 aromatic heterocycles. The molecule has 0 amide bonds. The first-order valence-corrected chi connectivity index (χ1v) is 8.60. The van der Waals surface area contributed by atoms with Crippen molar-refractivity contribution in [3.05, 3.63) is 23.9 Å². The van der Waals surface area contributed by atoms with Crippen LogP contribution in [0.3, 0.4) is 0 Å². The number of aromatic nitrogens is 1. The largest absolute Gasteiger partial charge is 0.355 e. The molecule has 2 fully saturated rings. The maximum Gasteiger partial charge on any atom is 0.217 e. The summed E-state index contributed by atoms with van der Waals surface area (Å²) in [6.45, 7) is 1.44. The van der Waals surface area contributed by atoms with Gasteiger partial charge in [0.05, 0.1) is 10.8 Å². The van der Waals surface area contributed by atoms with Crippen LogP contribution in [0.2, 0.25) is 0 Å². The lowest BCUT2D eigenvalue weighted by molar-refractivity contribution is 0.389. The fraction of sp³-hybridized carbons (Fsp3) is 0.571. The molecule has 1 saturated carbocycles. The highest BCUT2D eigenvalue weighted by Gasteiger charge is 2.42. The van der Waals surface area contributed by atoms with Gasteiger partial charge in [-0.3, -0.25) is 0 Å². The first kappa shape index (κ1) is 14.3. The van der Waals surface area contributed by atoms with Crippen molar-refractivity contribution in [2.24, 2.45) is 0 Å². The van der Waals surface area contributed by atoms with Gasteiger partial charge >= 0.3 is 0 Å². The number of hydrogen-bond acceptors (Lipinski definition) is 5. The minimum Gasteiger partial charge on any atom is -0.355 e. The average molecular weight is 306 g/mol. The van der Waals surface area contributed by atoms with Crippen molar-refractivity contribution in [1.82, 2.24) is 9.29 Å². The van der Waals surface area contributed by atoms with E-state index in [0.717, 1.165) is 31.6 Å². The Morgan fingerprint density at radius 1 is 1.38 bits per heavy atom. The average Bonchev–Trinajstić information content (AvgIpc) is 3.25. The third-order valence-corrected chi connectivity index (χ3v) is 6.64. The number of likely N-dealkylation sites (N-methyl/N-ethyl adjacent to an activating group) is 1. The van der Waals surface area contributed by atoms with E-state index in [9.17, 15) is 8.42 Å². The van der Waals surface area contributed by atoms with E-state index in [1.165, 1.54) is 0 Å². The predicted molar refractivity (Wildman–Crippen MR) is 79.3 cm³/mol. The molecule has 112 valence electrons. The summed E-state index contributed by atoms with van der Waals surface area (Å²) in [6, 6.07) is 5.60. The second kappa shape index (κ2) is 5.28. The van der Waals surface area contributed by atoms with E-state index in [-0.39, 0.29) is 11.3 Å². The minimum absolute atomic E-state index is 0.00745. The van der Waals surface area contributed by atoms with Crippen LogP contribution in [0.4, 0.5) is 5.82 Å². The summed E-state index contributed by atoms with van der Waals surface area (Å²) in [4.78, 5) is 6.34. The molecule has 3 rings (SSSR count). The predicted octanol–water partition coefficient (Wildman–Crippen LogP) is 0.956. The van der Waals surface area contributed by atoms with Crippen molar-refractivity contribution in [2.45, 2.75) is 30.6 Å². The number of sulfonamides is 1. The van der Waals surface area contributed by atoms with Crippen molar-refractivity contribution in [3.63, 3.8) is 0 Å². The highest BCUT2D eigenvalue weighted by Crippen LogP contribution is 2.33. The molecule has 2 aliphatic rings. The van der Waals surface area contributed by atoms with Crippen LogP contribution in [0.25, 0.3) is 0 Å². The number of nitrogens with zero attached hydrogens (tertiary/aromatic N) is 4. The summed E-state index contributed by atoms with van der Waals surface area (Å²) in [5.41, 5.74) is 0.530. The van der Waals surface area contributed by atoms with Crippen molar-refractivity contribution in [2.75, 3.05) is 25.0 Å². The lowest BCUT2D eigenvalue weighted by Gasteiger charge is -2.24. The Labute approximate surface area is 125 Å². The first-order valence-electron chi connectivity index (χ1n) is 7.10. The van der Waals surface area contributed by atoms with Crippen molar-refractivity contribution >= 4 is 15.8 Å². The van der Waals surface area contributed by atoms with Crippen LogP contribution in [-0.4, -0.2) is 49.1 Å². The van der Waals surface area contributed by atoms with Crippen molar-refractivity contribution in [3.8, 4) is 6.07 Å². The van der Waals surface area contributed by atoms with Gasteiger partial charge in [0.25, 0.3) is 0 Å². The summed E-state index contributed by atoms with van der Waals surface area (Å²) in [5.74, 6) is 0.800. The topological polar surface area (TPSA) is 77.3 Å². The first-order chi connectivity index (χ1) is 10.0. The smallest absolute Gasteiger partial charge is 0.217 e. The Morgan fingerprint density at radius 2 is 2.14 bits per heavy atom. The zero-order chi connectivity index (χ0) is 15.0. The number of rotatable bonds is 4. The Hall–Kier alpha value is -1.65. The zero-order valence-corrected chi connectivity index (χ0v) is 12.8. The highest BCUT2D eigenvalue weighted by atomic mass is 32.2. The zero-order valence-electron chi connectivity index (χ0n) is 11.9. The Kier molecular flexibility index (Phi) is 3.59. The van der Waals surface area contributed by atoms with Crippen LogP contribution >= 0.6 is 0 Å². The van der Waals surface area contributed by atoms with Crippen LogP contribution in [0.5, 0.6) is 0 Å². The van der Waals surface area contributed by atoms with Gasteiger partial charge in [0.2, 0.25) is 10.0 Å². The quantitative estimate of drug-likeness (QED) is 0.828. The molecular formula is C14H18N4O2S. The number of anilines is 1. The molecule has 21 heavy (non-hydrogen) atoms. The van der Waals surface area contributed by atoms with Crippen LogP contribution in [0, 0.1) is 11.3 Å². The van der Waals surface area contributed by atoms with Gasteiger partial charge < -0.3 is 4.90 Å². The van der Waals surface area contributed by atoms with Gasteiger partial charge in [0.1, 0.15) is 11.9 Å². The van der Waals surface area contributed by atoms with E-state index in [4.69, 9.17) is 5.26 Å². The van der Waals surface area contributed by atoms with E-state index in [0.29, 0.717) is 12.1 Å². The second-order valence-electron chi connectivity index (χ2n) is 5.67. The summed E-state index contributed by atoms with van der Waals surface area (Å²) < 4.78 is 26.1. The lowest BCUT2D eigenvalue weighted by atomic mass is 10.3. The molecule has 1 atom stereocenters. The Balaban J connectivity index is 1.68. The van der Waals surface area contributed by atoms with Gasteiger partial charge in [-0.15, -0.1) is 0 Å². The van der Waals surface area contributed by atoms with Gasteiger partial charge in [-0.25, -0.2) is 13.4 Å². The molecule has 1 aliphatic heterocycles. The molecule has 2 heterocycles. The molecule has 1 aliphatic carbocycles. The number of pyridine rings is 1. The summed E-state index contributed by atoms with van der Waals surface area (Å²) >= 11 is 0. The van der Waals surface area contributed by atoms with Gasteiger partial charge in [0, 0.05) is 32.4 Å². The van der Waals surface area contributed by atoms with E-state index in [2.05, 4.69) is 9.88 Å². The maximum absolute atomic E-state index is 12.3. The molecule has 0 radical (unpaired) electrons. The molecule has 1 saturated heterocycles. The molecule has 6 nitrogen and oxygen atoms in total. The fourth-order valence-corrected chi connectivity index (χ4v) is 4.48. The third kappa shape index (κ3) is 2.74. The van der Waals surface area contributed by atoms with Crippen molar-refractivity contribution < 1.29 is 8.42 Å². The molecule has 0 N–H and O–H groups in total. The van der Waals surface area contributed by atoms with Gasteiger partial charge in [-0.2, -0.15) is 9.57 Å². The van der Waals surface area contributed by atoms with E-state index >= 15 is 0 Å². The van der Waals surface area contributed by atoms with Gasteiger partial charge in [0.15, 0.2) is 0 Å². The van der Waals surface area contributed by atoms with Crippen LogP contribution in [-0.2, 0) is 10.0 Å². The normalized spacial score (nSPS) is 22.5. The molecule has 1 aromatic rings. The highest BCUT2D eigenvalue weighted by molar-refractivity contribution is 7.90. The molecular weight excluding hydrogens is 288 g/mol. The van der Waals surface area contributed by atoms with Crippen molar-refractivity contribution in [1.29, 1.82) is 5.26 Å². The van der Waals surface area contributed by atoms with Crippen LogP contribution in [0.15, 0.2) is 18.3 Å². The van der Waals surface area contributed by atoms with E-state index in [1.54, 1.807) is 23.6 Å². The monoisotopic (exact) mass is 306 g/mol. The molecule has 0 aromatic carbocycles. The maximum atomic E-state index is 12.3. The van der Waals surface area contributed by atoms with Gasteiger partial charge in [-0.1, -0.05) is 0 Å². The molecule has 1 unspecified atom stereocenters. The van der Waals surface area contributed by atoms with E-state index in [1.807, 2.05) is 12.1 Å². The number of nitriles is 1. The Morgan fingerprint density at radius 3 is 2.71 bits per heavy atom. The Bertz CT molecular complexity index is 661. The minimum atomic E-state index is -3.12. The summed E-state index contributed by atoms with van der Waals surface area (Å²) in [5, 5.41) is 8.62. The molecule has 7 heteroatoms. The number of hydrogen-bond donors (Lipinski definition) is 0.